The molecule has 0 aliphatic heterocycles. The zero-order valence-corrected chi connectivity index (χ0v) is 9.32. The van der Waals surface area contributed by atoms with Crippen molar-refractivity contribution < 1.29 is 4.74 Å². The number of hydrogen-bond acceptors (Lipinski definition) is 3. The fourth-order valence-corrected chi connectivity index (χ4v) is 1.34. The molecule has 2 N–H and O–H groups in total. The Morgan fingerprint density at radius 3 is 2.60 bits per heavy atom. The van der Waals surface area contributed by atoms with E-state index in [1.165, 1.54) is 0 Å². The van der Waals surface area contributed by atoms with Crippen LogP contribution >= 0.6 is 0 Å². The molecule has 0 radical (unpaired) electrons. The van der Waals surface area contributed by atoms with Crippen molar-refractivity contribution in [1.82, 2.24) is 0 Å². The summed E-state index contributed by atoms with van der Waals surface area (Å²) in [6.07, 6.45) is -0.454. The van der Waals surface area contributed by atoms with Crippen LogP contribution in [0.1, 0.15) is 31.0 Å². The minimum Gasteiger partial charge on any atom is -0.476 e. The summed E-state index contributed by atoms with van der Waals surface area (Å²) in [6, 6.07) is 7.79. The molecule has 0 saturated heterocycles. The second-order valence-electron chi connectivity index (χ2n) is 3.72. The summed E-state index contributed by atoms with van der Waals surface area (Å²) in [6.45, 7) is 5.59. The number of nitriles is 1. The lowest BCUT2D eigenvalue weighted by molar-refractivity contribution is 0.272. The number of aryl methyl sites for hydroxylation is 1. The number of nitrogens with zero attached hydrogens (tertiary/aromatic N) is 1. The normalized spacial score (nSPS) is 14.1. The Balaban J connectivity index is 3.03. The van der Waals surface area contributed by atoms with Crippen LogP contribution in [0.2, 0.25) is 0 Å². The van der Waals surface area contributed by atoms with Gasteiger partial charge in [-0.05, 0) is 32.4 Å². The summed E-state index contributed by atoms with van der Waals surface area (Å²) in [5, 5.41) is 8.69. The SMILES string of the molecule is Cc1ccc(C(C)N)c(OC(C)C#N)c1. The fraction of sp³-hybridized carbons (Fsp3) is 0.417. The molecule has 1 aromatic rings. The third kappa shape index (κ3) is 2.97. The molecule has 3 nitrogen and oxygen atoms in total. The number of benzene rings is 1. The highest BCUT2D eigenvalue weighted by Crippen LogP contribution is 2.25. The van der Waals surface area contributed by atoms with Crippen molar-refractivity contribution in [2.24, 2.45) is 5.73 Å². The van der Waals surface area contributed by atoms with Crippen molar-refractivity contribution >= 4 is 0 Å². The van der Waals surface area contributed by atoms with Crippen LogP contribution in [-0.2, 0) is 0 Å². The molecule has 80 valence electrons. The summed E-state index contributed by atoms with van der Waals surface area (Å²) < 4.78 is 5.50. The highest BCUT2D eigenvalue weighted by molar-refractivity contribution is 5.39. The molecule has 0 spiro atoms. The van der Waals surface area contributed by atoms with Gasteiger partial charge in [0.25, 0.3) is 0 Å². The van der Waals surface area contributed by atoms with Gasteiger partial charge >= 0.3 is 0 Å². The lowest BCUT2D eigenvalue weighted by Crippen LogP contribution is -2.13. The van der Waals surface area contributed by atoms with E-state index in [-0.39, 0.29) is 6.04 Å². The van der Waals surface area contributed by atoms with Crippen LogP contribution in [0.3, 0.4) is 0 Å². The van der Waals surface area contributed by atoms with Gasteiger partial charge in [0.2, 0.25) is 0 Å². The molecule has 3 heteroatoms. The largest absolute Gasteiger partial charge is 0.476 e. The molecule has 1 rings (SSSR count). The average molecular weight is 204 g/mol. The molecule has 15 heavy (non-hydrogen) atoms. The van der Waals surface area contributed by atoms with Crippen LogP contribution < -0.4 is 10.5 Å². The molecule has 1 aromatic carbocycles. The van der Waals surface area contributed by atoms with E-state index >= 15 is 0 Å². The predicted octanol–water partition coefficient (Wildman–Crippen LogP) is 2.31. The summed E-state index contributed by atoms with van der Waals surface area (Å²) in [4.78, 5) is 0. The van der Waals surface area contributed by atoms with E-state index in [1.807, 2.05) is 38.1 Å². The van der Waals surface area contributed by atoms with E-state index in [0.717, 1.165) is 11.1 Å². The summed E-state index contributed by atoms with van der Waals surface area (Å²) >= 11 is 0. The maximum Gasteiger partial charge on any atom is 0.181 e. The van der Waals surface area contributed by atoms with E-state index in [4.69, 9.17) is 15.7 Å². The molecule has 0 aromatic heterocycles. The van der Waals surface area contributed by atoms with Crippen molar-refractivity contribution in [3.05, 3.63) is 29.3 Å². The van der Waals surface area contributed by atoms with Crippen LogP contribution in [-0.4, -0.2) is 6.10 Å². The van der Waals surface area contributed by atoms with Crippen molar-refractivity contribution in [3.8, 4) is 11.8 Å². The van der Waals surface area contributed by atoms with Gasteiger partial charge in [0, 0.05) is 11.6 Å². The fourth-order valence-electron chi connectivity index (χ4n) is 1.34. The highest BCUT2D eigenvalue weighted by atomic mass is 16.5. The predicted molar refractivity (Wildman–Crippen MR) is 59.5 cm³/mol. The average Bonchev–Trinajstić information content (AvgIpc) is 2.17. The first-order valence-electron chi connectivity index (χ1n) is 4.97. The number of nitrogens with two attached hydrogens (primary N) is 1. The molecule has 0 aliphatic rings. The third-order valence-electron chi connectivity index (χ3n) is 2.15. The summed E-state index contributed by atoms with van der Waals surface area (Å²) in [5.41, 5.74) is 7.85. The molecule has 2 unspecified atom stereocenters. The Morgan fingerprint density at radius 1 is 1.40 bits per heavy atom. The second kappa shape index (κ2) is 4.81. The molecule has 0 amide bonds. The van der Waals surface area contributed by atoms with Gasteiger partial charge in [-0.25, -0.2) is 0 Å². The monoisotopic (exact) mass is 204 g/mol. The minimum absolute atomic E-state index is 0.0912. The van der Waals surface area contributed by atoms with Gasteiger partial charge in [0.05, 0.1) is 0 Å². The van der Waals surface area contributed by atoms with E-state index in [9.17, 15) is 0 Å². The van der Waals surface area contributed by atoms with Gasteiger partial charge < -0.3 is 10.5 Å². The molecule has 0 fully saturated rings. The van der Waals surface area contributed by atoms with Crippen LogP contribution in [0.15, 0.2) is 18.2 Å². The maximum atomic E-state index is 8.69. The molecule has 2 atom stereocenters. The lowest BCUT2D eigenvalue weighted by Gasteiger charge is -2.15. The van der Waals surface area contributed by atoms with Crippen molar-refractivity contribution in [1.29, 1.82) is 5.26 Å². The second-order valence-corrected chi connectivity index (χ2v) is 3.72. The number of ether oxygens (including phenoxy) is 1. The van der Waals surface area contributed by atoms with Crippen molar-refractivity contribution in [2.45, 2.75) is 32.9 Å². The third-order valence-corrected chi connectivity index (χ3v) is 2.15. The molecule has 0 aliphatic carbocycles. The molecular formula is C12H16N2O. The zero-order valence-electron chi connectivity index (χ0n) is 9.32. The van der Waals surface area contributed by atoms with Gasteiger partial charge in [0.1, 0.15) is 11.8 Å². The van der Waals surface area contributed by atoms with Gasteiger partial charge in [-0.3, -0.25) is 0 Å². The Bertz CT molecular complexity index is 380. The standard InChI is InChI=1S/C12H16N2O/c1-8-4-5-11(10(3)14)12(6-8)15-9(2)7-13/h4-6,9-10H,14H2,1-3H3. The number of hydrogen-bond donors (Lipinski definition) is 1. The Kier molecular flexibility index (Phi) is 3.70. The van der Waals surface area contributed by atoms with E-state index < -0.39 is 6.10 Å². The Hall–Kier alpha value is -1.53. The van der Waals surface area contributed by atoms with Gasteiger partial charge in [0.15, 0.2) is 6.10 Å². The molecule has 0 bridgehead atoms. The summed E-state index contributed by atoms with van der Waals surface area (Å²) in [7, 11) is 0. The van der Waals surface area contributed by atoms with E-state index in [1.54, 1.807) is 6.92 Å². The van der Waals surface area contributed by atoms with Gasteiger partial charge in [-0.1, -0.05) is 12.1 Å². The summed E-state index contributed by atoms with van der Waals surface area (Å²) in [5.74, 6) is 0.707. The smallest absolute Gasteiger partial charge is 0.181 e. The maximum absolute atomic E-state index is 8.69. The minimum atomic E-state index is -0.454. The Morgan fingerprint density at radius 2 is 2.07 bits per heavy atom. The van der Waals surface area contributed by atoms with Crippen LogP contribution in [0, 0.1) is 18.3 Å². The van der Waals surface area contributed by atoms with Crippen LogP contribution in [0.25, 0.3) is 0 Å². The van der Waals surface area contributed by atoms with Gasteiger partial charge in [-0.15, -0.1) is 0 Å². The molecule has 0 saturated carbocycles. The highest BCUT2D eigenvalue weighted by Gasteiger charge is 2.10. The first-order valence-corrected chi connectivity index (χ1v) is 4.97. The van der Waals surface area contributed by atoms with Crippen LogP contribution in [0.5, 0.6) is 5.75 Å². The van der Waals surface area contributed by atoms with Crippen molar-refractivity contribution in [3.63, 3.8) is 0 Å². The topological polar surface area (TPSA) is 59.0 Å². The zero-order chi connectivity index (χ0) is 11.4. The number of rotatable bonds is 3. The molecule has 0 heterocycles. The Labute approximate surface area is 90.5 Å². The van der Waals surface area contributed by atoms with E-state index in [0.29, 0.717) is 5.75 Å². The van der Waals surface area contributed by atoms with Crippen LogP contribution in [0.4, 0.5) is 0 Å². The van der Waals surface area contributed by atoms with E-state index in [2.05, 4.69) is 0 Å². The van der Waals surface area contributed by atoms with Crippen molar-refractivity contribution in [2.75, 3.05) is 0 Å². The molecular weight excluding hydrogens is 188 g/mol. The first-order chi connectivity index (χ1) is 7.04. The van der Waals surface area contributed by atoms with Gasteiger partial charge in [-0.2, -0.15) is 5.26 Å². The first kappa shape index (κ1) is 11.5. The quantitative estimate of drug-likeness (QED) is 0.821. The lowest BCUT2D eigenvalue weighted by atomic mass is 10.1.